The third kappa shape index (κ3) is 3.47. The summed E-state index contributed by atoms with van der Waals surface area (Å²) in [5.41, 5.74) is 0.829. The number of carbonyl (C=O) groups is 1. The smallest absolute Gasteiger partial charge is 0.275 e. The van der Waals surface area contributed by atoms with Crippen LogP contribution in [-0.4, -0.2) is 27.6 Å². The first kappa shape index (κ1) is 18.8. The van der Waals surface area contributed by atoms with Crippen LogP contribution in [0.5, 0.6) is 0 Å². The van der Waals surface area contributed by atoms with Gasteiger partial charge in [-0.15, -0.1) is 0 Å². The maximum Gasteiger partial charge on any atom is 0.275 e. The molecule has 0 spiro atoms. The van der Waals surface area contributed by atoms with Gasteiger partial charge in [0.25, 0.3) is 11.5 Å². The summed E-state index contributed by atoms with van der Waals surface area (Å²) in [6.45, 7) is 5.57. The summed E-state index contributed by atoms with van der Waals surface area (Å²) in [6, 6.07) is 12.6. The van der Waals surface area contributed by atoms with Gasteiger partial charge < -0.3 is 4.90 Å². The third-order valence-corrected chi connectivity index (χ3v) is 4.77. The molecule has 1 heterocycles. The molecule has 3 rings (SSSR count). The Morgan fingerprint density at radius 1 is 1.04 bits per heavy atom. The zero-order chi connectivity index (χ0) is 19.7. The van der Waals surface area contributed by atoms with E-state index in [0.717, 1.165) is 5.56 Å². The predicted molar refractivity (Wildman–Crippen MR) is 103 cm³/mol. The van der Waals surface area contributed by atoms with Crippen LogP contribution in [0.15, 0.2) is 53.3 Å². The summed E-state index contributed by atoms with van der Waals surface area (Å²) in [6.07, 6.45) is 0. The van der Waals surface area contributed by atoms with Crippen molar-refractivity contribution in [3.05, 3.63) is 76.0 Å². The van der Waals surface area contributed by atoms with Crippen molar-refractivity contribution in [2.45, 2.75) is 32.9 Å². The zero-order valence-electron chi connectivity index (χ0n) is 15.8. The van der Waals surface area contributed by atoms with E-state index in [1.807, 2.05) is 20.8 Å². The van der Waals surface area contributed by atoms with E-state index in [0.29, 0.717) is 10.8 Å². The lowest BCUT2D eigenvalue weighted by Gasteiger charge is -2.26. The Labute approximate surface area is 157 Å². The molecule has 2 aromatic carbocycles. The molecule has 0 saturated carbocycles. The van der Waals surface area contributed by atoms with Crippen LogP contribution in [0.4, 0.5) is 4.39 Å². The molecule has 1 atom stereocenters. The Hall–Kier alpha value is -3.02. The highest BCUT2D eigenvalue weighted by Crippen LogP contribution is 2.23. The van der Waals surface area contributed by atoms with Crippen LogP contribution < -0.4 is 5.56 Å². The van der Waals surface area contributed by atoms with E-state index < -0.39 is 0 Å². The summed E-state index contributed by atoms with van der Waals surface area (Å²) in [5.74, 6) is -0.617. The minimum atomic E-state index is -0.323. The van der Waals surface area contributed by atoms with Gasteiger partial charge in [-0.1, -0.05) is 30.3 Å². The van der Waals surface area contributed by atoms with Gasteiger partial charge in [-0.25, -0.2) is 9.07 Å². The van der Waals surface area contributed by atoms with Crippen LogP contribution >= 0.6 is 0 Å². The second kappa shape index (κ2) is 7.31. The Bertz CT molecular complexity index is 1040. The van der Waals surface area contributed by atoms with Crippen molar-refractivity contribution in [2.75, 3.05) is 7.05 Å². The van der Waals surface area contributed by atoms with E-state index in [9.17, 15) is 14.0 Å². The van der Waals surface area contributed by atoms with Crippen LogP contribution in [0.25, 0.3) is 10.8 Å². The highest BCUT2D eigenvalue weighted by Gasteiger charge is 2.24. The second-order valence-corrected chi connectivity index (χ2v) is 6.88. The number of fused-ring (bicyclic) bond motifs is 1. The van der Waals surface area contributed by atoms with Gasteiger partial charge in [0.05, 0.1) is 17.5 Å². The average molecular weight is 367 g/mol. The van der Waals surface area contributed by atoms with E-state index in [4.69, 9.17) is 0 Å². The standard InChI is InChI=1S/C21H22FN3O2/c1-13(2)25-20(26)18-8-6-5-7-17(18)19(23-25)21(27)24(4)14(3)15-9-11-16(22)12-10-15/h5-14H,1-4H3/t14-/m1/s1. The van der Waals surface area contributed by atoms with Crippen molar-refractivity contribution in [2.24, 2.45) is 0 Å². The molecule has 0 aliphatic carbocycles. The molecule has 3 aromatic rings. The first-order valence-electron chi connectivity index (χ1n) is 8.85. The number of benzene rings is 2. The summed E-state index contributed by atoms with van der Waals surface area (Å²) in [7, 11) is 1.68. The lowest BCUT2D eigenvalue weighted by molar-refractivity contribution is 0.0736. The minimum absolute atomic E-state index is 0.173. The van der Waals surface area contributed by atoms with Gasteiger partial charge in [-0.3, -0.25) is 9.59 Å². The van der Waals surface area contributed by atoms with Crippen LogP contribution in [0.3, 0.4) is 0 Å². The summed E-state index contributed by atoms with van der Waals surface area (Å²) in [5, 5.41) is 5.36. The van der Waals surface area contributed by atoms with Crippen molar-refractivity contribution < 1.29 is 9.18 Å². The number of amides is 1. The van der Waals surface area contributed by atoms with Gasteiger partial charge in [0, 0.05) is 12.4 Å². The Balaban J connectivity index is 2.08. The largest absolute Gasteiger partial charge is 0.334 e. The number of halogens is 1. The molecule has 5 nitrogen and oxygen atoms in total. The van der Waals surface area contributed by atoms with E-state index in [-0.39, 0.29) is 35.1 Å². The van der Waals surface area contributed by atoms with Crippen molar-refractivity contribution in [3.8, 4) is 0 Å². The van der Waals surface area contributed by atoms with E-state index in [2.05, 4.69) is 5.10 Å². The van der Waals surface area contributed by atoms with Crippen LogP contribution in [0, 0.1) is 5.82 Å². The highest BCUT2D eigenvalue weighted by molar-refractivity contribution is 6.04. The first-order chi connectivity index (χ1) is 12.8. The molecular formula is C21H22FN3O2. The zero-order valence-corrected chi connectivity index (χ0v) is 15.8. The molecule has 140 valence electrons. The van der Waals surface area contributed by atoms with Gasteiger partial charge in [-0.05, 0) is 44.5 Å². The monoisotopic (exact) mass is 367 g/mol. The lowest BCUT2D eigenvalue weighted by Crippen LogP contribution is -2.34. The molecule has 0 bridgehead atoms. The fourth-order valence-electron chi connectivity index (χ4n) is 3.02. The summed E-state index contributed by atoms with van der Waals surface area (Å²) < 4.78 is 14.5. The number of aromatic nitrogens is 2. The van der Waals surface area contributed by atoms with Gasteiger partial charge >= 0.3 is 0 Å². The molecule has 6 heteroatoms. The van der Waals surface area contributed by atoms with Crippen LogP contribution in [0.2, 0.25) is 0 Å². The molecular weight excluding hydrogens is 345 g/mol. The van der Waals surface area contributed by atoms with Crippen molar-refractivity contribution in [3.63, 3.8) is 0 Å². The Morgan fingerprint density at radius 2 is 1.63 bits per heavy atom. The minimum Gasteiger partial charge on any atom is -0.334 e. The van der Waals surface area contributed by atoms with E-state index in [1.165, 1.54) is 16.8 Å². The molecule has 0 N–H and O–H groups in total. The highest BCUT2D eigenvalue weighted by atomic mass is 19.1. The molecule has 0 radical (unpaired) electrons. The van der Waals surface area contributed by atoms with Crippen LogP contribution in [0.1, 0.15) is 48.9 Å². The van der Waals surface area contributed by atoms with Gasteiger partial charge in [-0.2, -0.15) is 5.10 Å². The topological polar surface area (TPSA) is 55.2 Å². The van der Waals surface area contributed by atoms with Crippen LogP contribution in [-0.2, 0) is 0 Å². The van der Waals surface area contributed by atoms with Crippen molar-refractivity contribution in [1.29, 1.82) is 0 Å². The molecule has 27 heavy (non-hydrogen) atoms. The molecule has 0 aliphatic rings. The molecule has 1 aromatic heterocycles. The molecule has 1 amide bonds. The lowest BCUT2D eigenvalue weighted by atomic mass is 10.1. The van der Waals surface area contributed by atoms with Gasteiger partial charge in [0.1, 0.15) is 5.82 Å². The number of rotatable bonds is 4. The second-order valence-electron chi connectivity index (χ2n) is 6.88. The SMILES string of the molecule is CC(C)n1nc(C(=O)N(C)[C@H](C)c2ccc(F)cc2)c2ccccc2c1=O. The summed E-state index contributed by atoms with van der Waals surface area (Å²) in [4.78, 5) is 27.4. The maximum absolute atomic E-state index is 13.2. The Kier molecular flexibility index (Phi) is 5.08. The fraction of sp³-hybridized carbons (Fsp3) is 0.286. The van der Waals surface area contributed by atoms with E-state index in [1.54, 1.807) is 48.3 Å². The average Bonchev–Trinajstić information content (AvgIpc) is 2.67. The number of carbonyl (C=O) groups excluding carboxylic acids is 1. The summed E-state index contributed by atoms with van der Waals surface area (Å²) >= 11 is 0. The van der Waals surface area contributed by atoms with Crippen molar-refractivity contribution >= 4 is 16.7 Å². The fourth-order valence-corrected chi connectivity index (χ4v) is 3.02. The normalized spacial score (nSPS) is 12.4. The third-order valence-electron chi connectivity index (χ3n) is 4.77. The molecule has 0 fully saturated rings. The quantitative estimate of drug-likeness (QED) is 0.702. The number of nitrogens with zero attached hydrogens (tertiary/aromatic N) is 3. The van der Waals surface area contributed by atoms with Gasteiger partial charge in [0.2, 0.25) is 0 Å². The molecule has 0 unspecified atom stereocenters. The molecule has 0 aliphatic heterocycles. The van der Waals surface area contributed by atoms with Crippen molar-refractivity contribution in [1.82, 2.24) is 14.7 Å². The first-order valence-corrected chi connectivity index (χ1v) is 8.85. The van der Waals surface area contributed by atoms with Gasteiger partial charge in [0.15, 0.2) is 5.69 Å². The Morgan fingerprint density at radius 3 is 2.22 bits per heavy atom. The molecule has 0 saturated heterocycles. The predicted octanol–water partition coefficient (Wildman–Crippen LogP) is 3.95. The number of hydrogen-bond acceptors (Lipinski definition) is 3. The maximum atomic E-state index is 13.2. The van der Waals surface area contributed by atoms with E-state index >= 15 is 0 Å². The number of hydrogen-bond donors (Lipinski definition) is 0.